The number of halogens is 6. The summed E-state index contributed by atoms with van der Waals surface area (Å²) in [4.78, 5) is 43.1. The van der Waals surface area contributed by atoms with Crippen LogP contribution in [0.3, 0.4) is 0 Å². The number of fused-ring (bicyclic) bond motifs is 1. The molecule has 2 aliphatic carbocycles. The molecule has 44 heavy (non-hydrogen) atoms. The molecule has 7 nitrogen and oxygen atoms in total. The van der Waals surface area contributed by atoms with Crippen molar-refractivity contribution >= 4 is 29.7 Å². The Balaban J connectivity index is 0.000000204. The van der Waals surface area contributed by atoms with Crippen LogP contribution in [0.15, 0.2) is 66.9 Å². The van der Waals surface area contributed by atoms with E-state index in [1.807, 2.05) is 12.1 Å². The number of aromatic nitrogens is 1. The Labute approximate surface area is 248 Å². The fourth-order valence-corrected chi connectivity index (χ4v) is 5.89. The Morgan fingerprint density at radius 3 is 2.43 bits per heavy atom. The van der Waals surface area contributed by atoms with Crippen molar-refractivity contribution in [3.05, 3.63) is 89.4 Å². The first-order valence-corrected chi connectivity index (χ1v) is 13.9. The summed E-state index contributed by atoms with van der Waals surface area (Å²) in [7, 11) is 0. The molecule has 1 saturated carbocycles. The second-order valence-electron chi connectivity index (χ2n) is 11.0. The number of nitrogens with one attached hydrogen (secondary N) is 1. The van der Waals surface area contributed by atoms with E-state index in [9.17, 15) is 40.7 Å². The molecule has 1 atom stereocenters. The summed E-state index contributed by atoms with van der Waals surface area (Å²) in [6.07, 6.45) is -1.79. The van der Waals surface area contributed by atoms with Gasteiger partial charge in [-0.15, -0.1) is 0 Å². The molecule has 2 fully saturated rings. The summed E-state index contributed by atoms with van der Waals surface area (Å²) in [5.41, 5.74) is -0.412. The molecule has 0 bridgehead atoms. The molecule has 1 aliphatic heterocycles. The van der Waals surface area contributed by atoms with Crippen LogP contribution in [0.25, 0.3) is 0 Å². The quantitative estimate of drug-likeness (QED) is 0.281. The Hall–Kier alpha value is -4.42. The molecule has 6 rings (SSSR count). The van der Waals surface area contributed by atoms with Gasteiger partial charge in [-0.25, -0.2) is 18.2 Å². The van der Waals surface area contributed by atoms with Gasteiger partial charge in [0.2, 0.25) is 12.3 Å². The van der Waals surface area contributed by atoms with Crippen molar-refractivity contribution in [3.63, 3.8) is 0 Å². The first-order valence-electron chi connectivity index (χ1n) is 13.9. The van der Waals surface area contributed by atoms with Gasteiger partial charge in [-0.2, -0.15) is 13.2 Å². The predicted molar refractivity (Wildman–Crippen MR) is 148 cm³/mol. The lowest BCUT2D eigenvalue weighted by molar-refractivity contribution is -0.138. The van der Waals surface area contributed by atoms with Crippen molar-refractivity contribution in [2.45, 2.75) is 62.2 Å². The standard InChI is InChI=1S/C21H19F3N2O2.C10H9F3N2O/c22-15-5-3-6-17(10-15)26(13-27)21(9-8-14-4-1-2-7-18(14)21)19(28)25-16-11-20(23,24)12-16;11-10(12,13)7-3-4-14-8(6-7)15-5-1-2-9(15)16/h1-7,10,13,16H,8-9,11-12H2,(H,25,28);3-4,6H,1-2,5H2. The Morgan fingerprint density at radius 1 is 1.05 bits per heavy atom. The molecule has 2 aromatic carbocycles. The lowest BCUT2D eigenvalue weighted by Crippen LogP contribution is -2.60. The second-order valence-corrected chi connectivity index (χ2v) is 11.0. The fraction of sp³-hybridized carbons (Fsp3) is 0.355. The third-order valence-corrected chi connectivity index (χ3v) is 8.05. The average Bonchev–Trinajstić information content (AvgIpc) is 3.57. The van der Waals surface area contributed by atoms with E-state index in [0.717, 1.165) is 23.9 Å². The van der Waals surface area contributed by atoms with E-state index in [0.29, 0.717) is 37.8 Å². The van der Waals surface area contributed by atoms with Crippen LogP contribution in [0.5, 0.6) is 0 Å². The van der Waals surface area contributed by atoms with Gasteiger partial charge in [0.05, 0.1) is 5.56 Å². The zero-order valence-corrected chi connectivity index (χ0v) is 23.3. The van der Waals surface area contributed by atoms with E-state index in [-0.39, 0.29) is 23.8 Å². The molecule has 232 valence electrons. The van der Waals surface area contributed by atoms with Gasteiger partial charge < -0.3 is 5.32 Å². The molecule has 1 saturated heterocycles. The van der Waals surface area contributed by atoms with Gasteiger partial charge in [0, 0.05) is 43.7 Å². The summed E-state index contributed by atoms with van der Waals surface area (Å²) in [5.74, 6) is -3.92. The highest BCUT2D eigenvalue weighted by atomic mass is 19.4. The summed E-state index contributed by atoms with van der Waals surface area (Å²) >= 11 is 0. The van der Waals surface area contributed by atoms with Crippen LogP contribution in [0, 0.1) is 5.82 Å². The highest BCUT2D eigenvalue weighted by Gasteiger charge is 2.53. The number of carbonyl (C=O) groups is 3. The minimum absolute atomic E-state index is 0.0809. The van der Waals surface area contributed by atoms with Crippen LogP contribution in [-0.4, -0.2) is 41.7 Å². The summed E-state index contributed by atoms with van der Waals surface area (Å²) in [6, 6.07) is 13.8. The average molecular weight is 619 g/mol. The number of hydrogen-bond donors (Lipinski definition) is 1. The normalized spacial score (nSPS) is 20.7. The highest BCUT2D eigenvalue weighted by molar-refractivity contribution is 5.98. The number of amides is 3. The minimum atomic E-state index is -4.40. The number of benzene rings is 2. The smallest absolute Gasteiger partial charge is 0.351 e. The van der Waals surface area contributed by atoms with Gasteiger partial charge in [-0.05, 0) is 60.7 Å². The predicted octanol–water partition coefficient (Wildman–Crippen LogP) is 5.77. The van der Waals surface area contributed by atoms with Crippen molar-refractivity contribution in [2.75, 3.05) is 16.3 Å². The van der Waals surface area contributed by atoms with E-state index in [2.05, 4.69) is 10.3 Å². The lowest BCUT2D eigenvalue weighted by Gasteiger charge is -2.42. The Morgan fingerprint density at radius 2 is 1.80 bits per heavy atom. The SMILES string of the molecule is O=C1CCCN1c1cc(C(F)(F)F)ccn1.O=CN(c1cccc(F)c1)C1(C(=O)NC2CC(F)(F)C2)CCc2ccccc21. The van der Waals surface area contributed by atoms with Gasteiger partial charge in [-0.1, -0.05) is 30.3 Å². The molecular weight excluding hydrogens is 590 g/mol. The number of anilines is 2. The minimum Gasteiger partial charge on any atom is -0.351 e. The lowest BCUT2D eigenvalue weighted by atomic mass is 9.84. The molecule has 3 aliphatic rings. The molecule has 3 amide bonds. The zero-order chi connectivity index (χ0) is 31.7. The maximum Gasteiger partial charge on any atom is 0.416 e. The third-order valence-electron chi connectivity index (χ3n) is 8.05. The third kappa shape index (κ3) is 6.13. The van der Waals surface area contributed by atoms with Crippen molar-refractivity contribution in [1.82, 2.24) is 10.3 Å². The van der Waals surface area contributed by atoms with Gasteiger partial charge in [0.25, 0.3) is 11.8 Å². The molecule has 0 spiro atoms. The van der Waals surface area contributed by atoms with E-state index < -0.39 is 53.8 Å². The molecule has 3 aromatic rings. The summed E-state index contributed by atoms with van der Waals surface area (Å²) in [6.45, 7) is 0.438. The first-order chi connectivity index (χ1) is 20.8. The van der Waals surface area contributed by atoms with Crippen LogP contribution in [0.1, 0.15) is 48.8 Å². The molecular formula is C31H28F6N4O3. The molecule has 1 aromatic heterocycles. The van der Waals surface area contributed by atoms with Crippen LogP contribution >= 0.6 is 0 Å². The van der Waals surface area contributed by atoms with Crippen molar-refractivity contribution in [2.24, 2.45) is 0 Å². The van der Waals surface area contributed by atoms with Crippen LogP contribution in [0.4, 0.5) is 37.8 Å². The Bertz CT molecular complexity index is 1560. The van der Waals surface area contributed by atoms with Crippen LogP contribution < -0.4 is 15.1 Å². The molecule has 1 unspecified atom stereocenters. The first kappa shape index (κ1) is 31.0. The second kappa shape index (κ2) is 11.9. The van der Waals surface area contributed by atoms with E-state index >= 15 is 0 Å². The number of pyridine rings is 1. The number of hydrogen-bond acceptors (Lipinski definition) is 4. The Kier molecular flexibility index (Phi) is 8.41. The van der Waals surface area contributed by atoms with E-state index in [1.165, 1.54) is 28.0 Å². The largest absolute Gasteiger partial charge is 0.416 e. The summed E-state index contributed by atoms with van der Waals surface area (Å²) in [5, 5.41) is 2.68. The van der Waals surface area contributed by atoms with Gasteiger partial charge in [0.1, 0.15) is 11.6 Å². The van der Waals surface area contributed by atoms with Crippen molar-refractivity contribution < 1.29 is 40.7 Å². The fourth-order valence-electron chi connectivity index (χ4n) is 5.89. The van der Waals surface area contributed by atoms with E-state index in [4.69, 9.17) is 0 Å². The number of alkyl halides is 5. The molecule has 2 heterocycles. The number of aryl methyl sites for hydroxylation is 1. The molecule has 13 heteroatoms. The van der Waals surface area contributed by atoms with Crippen LogP contribution in [0.2, 0.25) is 0 Å². The molecule has 1 N–H and O–H groups in total. The van der Waals surface area contributed by atoms with E-state index in [1.54, 1.807) is 18.2 Å². The van der Waals surface area contributed by atoms with Crippen LogP contribution in [-0.2, 0) is 32.5 Å². The number of nitrogens with zero attached hydrogens (tertiary/aromatic N) is 3. The summed E-state index contributed by atoms with van der Waals surface area (Å²) < 4.78 is 77.5. The molecule has 0 radical (unpaired) electrons. The number of carbonyl (C=O) groups excluding carboxylic acids is 3. The highest BCUT2D eigenvalue weighted by Crippen LogP contribution is 2.45. The van der Waals surface area contributed by atoms with Gasteiger partial charge in [0.15, 0.2) is 5.54 Å². The van der Waals surface area contributed by atoms with Crippen molar-refractivity contribution in [3.8, 4) is 0 Å². The topological polar surface area (TPSA) is 82.6 Å². The zero-order valence-electron chi connectivity index (χ0n) is 23.3. The van der Waals surface area contributed by atoms with Gasteiger partial charge >= 0.3 is 6.18 Å². The van der Waals surface area contributed by atoms with Crippen molar-refractivity contribution in [1.29, 1.82) is 0 Å². The maximum atomic E-state index is 13.8. The van der Waals surface area contributed by atoms with Gasteiger partial charge in [-0.3, -0.25) is 24.2 Å². The monoisotopic (exact) mass is 618 g/mol. The maximum absolute atomic E-state index is 13.8. The number of rotatable bonds is 6.